The van der Waals surface area contributed by atoms with Crippen LogP contribution < -0.4 is 5.32 Å². The van der Waals surface area contributed by atoms with E-state index in [1.54, 1.807) is 0 Å². The number of halogens is 2. The summed E-state index contributed by atoms with van der Waals surface area (Å²) in [4.78, 5) is 0. The first-order valence-electron chi connectivity index (χ1n) is 7.46. The third-order valence-corrected chi connectivity index (χ3v) is 4.46. The van der Waals surface area contributed by atoms with Crippen LogP contribution in [-0.2, 0) is 4.74 Å². The standard InChI is InChI=1S/C16H23Cl2NO/c1-2-7-19-16(10-12-5-8-20-9-6-12)14-11-13(17)3-4-15(14)18/h3-4,11-12,16,19H,2,5-10H2,1H3. The van der Waals surface area contributed by atoms with Crippen LogP contribution in [0, 0.1) is 5.92 Å². The Hall–Kier alpha value is -0.280. The van der Waals surface area contributed by atoms with E-state index in [2.05, 4.69) is 12.2 Å². The van der Waals surface area contributed by atoms with Gasteiger partial charge in [0.05, 0.1) is 0 Å². The van der Waals surface area contributed by atoms with Gasteiger partial charge in [-0.1, -0.05) is 30.1 Å². The van der Waals surface area contributed by atoms with Crippen LogP contribution in [0.1, 0.15) is 44.2 Å². The number of hydrogen-bond donors (Lipinski definition) is 1. The van der Waals surface area contributed by atoms with Crippen molar-refractivity contribution in [2.24, 2.45) is 5.92 Å². The monoisotopic (exact) mass is 315 g/mol. The average molecular weight is 316 g/mol. The van der Waals surface area contributed by atoms with E-state index in [0.29, 0.717) is 5.92 Å². The third-order valence-electron chi connectivity index (χ3n) is 3.88. The molecule has 1 aromatic rings. The molecule has 1 N–H and O–H groups in total. The second-order valence-corrected chi connectivity index (χ2v) is 6.31. The van der Waals surface area contributed by atoms with Crippen molar-refractivity contribution in [3.05, 3.63) is 33.8 Å². The van der Waals surface area contributed by atoms with E-state index < -0.39 is 0 Å². The molecule has 0 aromatic heterocycles. The Morgan fingerprint density at radius 2 is 2.05 bits per heavy atom. The maximum atomic E-state index is 6.36. The molecule has 0 bridgehead atoms. The molecule has 0 saturated carbocycles. The van der Waals surface area contributed by atoms with Crippen LogP contribution in [0.4, 0.5) is 0 Å². The highest BCUT2D eigenvalue weighted by Gasteiger charge is 2.22. The van der Waals surface area contributed by atoms with E-state index in [-0.39, 0.29) is 6.04 Å². The number of ether oxygens (including phenoxy) is 1. The van der Waals surface area contributed by atoms with Crippen molar-refractivity contribution in [1.82, 2.24) is 5.32 Å². The minimum Gasteiger partial charge on any atom is -0.381 e. The fourth-order valence-electron chi connectivity index (χ4n) is 2.74. The largest absolute Gasteiger partial charge is 0.381 e. The maximum Gasteiger partial charge on any atom is 0.0468 e. The smallest absolute Gasteiger partial charge is 0.0468 e. The molecule has 2 rings (SSSR count). The molecule has 1 unspecified atom stereocenters. The zero-order chi connectivity index (χ0) is 14.4. The molecule has 1 aliphatic rings. The molecule has 1 aromatic carbocycles. The molecule has 1 aliphatic heterocycles. The summed E-state index contributed by atoms with van der Waals surface area (Å²) in [6, 6.07) is 6.02. The van der Waals surface area contributed by atoms with Gasteiger partial charge in [0.25, 0.3) is 0 Å². The van der Waals surface area contributed by atoms with Crippen molar-refractivity contribution in [2.75, 3.05) is 19.8 Å². The van der Waals surface area contributed by atoms with Gasteiger partial charge in [0.15, 0.2) is 0 Å². The Bertz CT molecular complexity index is 419. The van der Waals surface area contributed by atoms with E-state index in [1.807, 2.05) is 18.2 Å². The summed E-state index contributed by atoms with van der Waals surface area (Å²) in [5.74, 6) is 0.702. The number of hydrogen-bond acceptors (Lipinski definition) is 2. The normalized spacial score (nSPS) is 18.1. The molecule has 4 heteroatoms. The van der Waals surface area contributed by atoms with E-state index in [0.717, 1.165) is 61.1 Å². The van der Waals surface area contributed by atoms with Crippen molar-refractivity contribution in [3.63, 3.8) is 0 Å². The fraction of sp³-hybridized carbons (Fsp3) is 0.625. The van der Waals surface area contributed by atoms with Crippen LogP contribution >= 0.6 is 23.2 Å². The third kappa shape index (κ3) is 4.63. The van der Waals surface area contributed by atoms with Crippen LogP contribution in [0.15, 0.2) is 18.2 Å². The first kappa shape index (κ1) is 16.1. The van der Waals surface area contributed by atoms with Crippen LogP contribution in [-0.4, -0.2) is 19.8 Å². The van der Waals surface area contributed by atoms with Crippen LogP contribution in [0.3, 0.4) is 0 Å². The Kier molecular flexibility index (Phi) is 6.63. The van der Waals surface area contributed by atoms with Crippen LogP contribution in [0.2, 0.25) is 10.0 Å². The van der Waals surface area contributed by atoms with Gasteiger partial charge < -0.3 is 10.1 Å². The molecule has 1 saturated heterocycles. The summed E-state index contributed by atoms with van der Waals surface area (Å²) in [6.07, 6.45) is 4.50. The van der Waals surface area contributed by atoms with Gasteiger partial charge >= 0.3 is 0 Å². The van der Waals surface area contributed by atoms with Gasteiger partial charge in [-0.25, -0.2) is 0 Å². The lowest BCUT2D eigenvalue weighted by atomic mass is 9.89. The number of nitrogens with one attached hydrogen (secondary N) is 1. The zero-order valence-electron chi connectivity index (χ0n) is 12.0. The quantitative estimate of drug-likeness (QED) is 0.810. The van der Waals surface area contributed by atoms with Gasteiger partial charge in [-0.2, -0.15) is 0 Å². The second kappa shape index (κ2) is 8.23. The molecule has 1 heterocycles. The minimum atomic E-state index is 0.282. The van der Waals surface area contributed by atoms with E-state index >= 15 is 0 Å². The van der Waals surface area contributed by atoms with Crippen molar-refractivity contribution in [3.8, 4) is 0 Å². The second-order valence-electron chi connectivity index (χ2n) is 5.46. The Balaban J connectivity index is 2.10. The first-order valence-corrected chi connectivity index (χ1v) is 8.22. The van der Waals surface area contributed by atoms with Crippen molar-refractivity contribution in [1.29, 1.82) is 0 Å². The van der Waals surface area contributed by atoms with Crippen molar-refractivity contribution in [2.45, 2.75) is 38.6 Å². The highest BCUT2D eigenvalue weighted by Crippen LogP contribution is 2.33. The van der Waals surface area contributed by atoms with Gasteiger partial charge in [0, 0.05) is 29.3 Å². The van der Waals surface area contributed by atoms with Gasteiger partial charge in [0.2, 0.25) is 0 Å². The topological polar surface area (TPSA) is 21.3 Å². The Morgan fingerprint density at radius 1 is 1.30 bits per heavy atom. The molecule has 1 fully saturated rings. The summed E-state index contributed by atoms with van der Waals surface area (Å²) in [6.45, 7) is 4.94. The van der Waals surface area contributed by atoms with Crippen LogP contribution in [0.25, 0.3) is 0 Å². The van der Waals surface area contributed by atoms with Gasteiger partial charge in [-0.3, -0.25) is 0 Å². The van der Waals surface area contributed by atoms with Crippen molar-refractivity contribution < 1.29 is 4.74 Å². The van der Waals surface area contributed by atoms with Crippen LogP contribution in [0.5, 0.6) is 0 Å². The molecule has 0 amide bonds. The molecular weight excluding hydrogens is 293 g/mol. The SMILES string of the molecule is CCCNC(CC1CCOCC1)c1cc(Cl)ccc1Cl. The van der Waals surface area contributed by atoms with E-state index in [1.165, 1.54) is 0 Å². The van der Waals surface area contributed by atoms with Gasteiger partial charge in [0.1, 0.15) is 0 Å². The molecule has 112 valence electrons. The molecule has 1 atom stereocenters. The summed E-state index contributed by atoms with van der Waals surface area (Å²) in [5.41, 5.74) is 1.12. The minimum absolute atomic E-state index is 0.282. The first-order chi connectivity index (χ1) is 9.70. The summed E-state index contributed by atoms with van der Waals surface area (Å²) >= 11 is 12.5. The maximum absolute atomic E-state index is 6.36. The molecule has 0 radical (unpaired) electrons. The Morgan fingerprint density at radius 3 is 2.75 bits per heavy atom. The van der Waals surface area contributed by atoms with Gasteiger partial charge in [-0.05, 0) is 61.9 Å². The Labute approximate surface area is 131 Å². The molecule has 0 aliphatic carbocycles. The summed E-state index contributed by atoms with van der Waals surface area (Å²) < 4.78 is 5.44. The van der Waals surface area contributed by atoms with E-state index in [4.69, 9.17) is 27.9 Å². The molecule has 0 spiro atoms. The summed E-state index contributed by atoms with van der Waals surface area (Å²) in [7, 11) is 0. The predicted octanol–water partition coefficient (Wildman–Crippen LogP) is 4.85. The highest BCUT2D eigenvalue weighted by molar-refractivity contribution is 6.33. The lowest BCUT2D eigenvalue weighted by Gasteiger charge is -2.28. The fourth-order valence-corrected chi connectivity index (χ4v) is 3.17. The molecular formula is C16H23Cl2NO. The molecule has 2 nitrogen and oxygen atoms in total. The lowest BCUT2D eigenvalue weighted by molar-refractivity contribution is 0.0605. The van der Waals surface area contributed by atoms with Crippen molar-refractivity contribution >= 4 is 23.2 Å². The molecule has 20 heavy (non-hydrogen) atoms. The highest BCUT2D eigenvalue weighted by atomic mass is 35.5. The van der Waals surface area contributed by atoms with Gasteiger partial charge in [-0.15, -0.1) is 0 Å². The van der Waals surface area contributed by atoms with E-state index in [9.17, 15) is 0 Å². The zero-order valence-corrected chi connectivity index (χ0v) is 13.5. The number of rotatable bonds is 6. The summed E-state index contributed by atoms with van der Waals surface area (Å²) in [5, 5.41) is 5.17. The lowest BCUT2D eigenvalue weighted by Crippen LogP contribution is -2.27. The number of benzene rings is 1. The predicted molar refractivity (Wildman–Crippen MR) is 85.7 cm³/mol. The average Bonchev–Trinajstić information content (AvgIpc) is 2.47.